The van der Waals surface area contributed by atoms with Gasteiger partial charge < -0.3 is 30.7 Å². The Labute approximate surface area is 219 Å². The molecule has 4 heterocycles. The van der Waals surface area contributed by atoms with Crippen LogP contribution in [0.2, 0.25) is 0 Å². The molecule has 11 nitrogen and oxygen atoms in total. The fourth-order valence-electron chi connectivity index (χ4n) is 4.22. The van der Waals surface area contributed by atoms with Crippen molar-refractivity contribution in [3.05, 3.63) is 67.5 Å². The van der Waals surface area contributed by atoms with Crippen LogP contribution in [-0.2, 0) is 9.53 Å². The molecule has 1 atom stereocenters. The molecule has 38 heavy (non-hydrogen) atoms. The first-order chi connectivity index (χ1) is 18.6. The molecule has 5 rings (SSSR count). The van der Waals surface area contributed by atoms with Crippen LogP contribution in [0, 0.1) is 0 Å². The number of amides is 1. The van der Waals surface area contributed by atoms with E-state index in [-0.39, 0.29) is 12.0 Å². The summed E-state index contributed by atoms with van der Waals surface area (Å²) in [5, 5.41) is 6.83. The quantitative estimate of drug-likeness (QED) is 0.302. The molecule has 0 aliphatic carbocycles. The molecule has 4 aromatic rings. The van der Waals surface area contributed by atoms with Crippen molar-refractivity contribution >= 4 is 40.0 Å². The number of hydrogen-bond acceptors (Lipinski definition) is 10. The van der Waals surface area contributed by atoms with E-state index in [1.807, 2.05) is 30.3 Å². The number of nitrogens with one attached hydrogen (secondary N) is 2. The topological polar surface area (TPSA) is 140 Å². The van der Waals surface area contributed by atoms with Crippen molar-refractivity contribution in [2.75, 3.05) is 48.9 Å². The number of carbonyl (C=O) groups is 1. The summed E-state index contributed by atoms with van der Waals surface area (Å²) in [5.74, 6) is 1.28. The van der Waals surface area contributed by atoms with E-state index in [2.05, 4.69) is 37.1 Å². The minimum absolute atomic E-state index is 0.0250. The number of rotatable bonds is 8. The summed E-state index contributed by atoms with van der Waals surface area (Å²) in [6, 6.07) is 13.1. The van der Waals surface area contributed by atoms with Crippen molar-refractivity contribution in [2.45, 2.75) is 6.10 Å². The van der Waals surface area contributed by atoms with E-state index in [0.717, 1.165) is 23.3 Å². The standard InChI is InChI=1S/C27H28N8O3/c1-3-24(36)31-18-9-10-29-22(13-18)20-6-4-5-17-15-30-27(34-25(17)20)32-21-7-8-23(33-26(21)37-2)35-11-12-38-19(14-28)16-35/h3-10,13,15,19H,1,11-12,14,16,28H2,2H3,(H,29,31,36)(H,30,32,34)/t19-/m1/s1. The lowest BCUT2D eigenvalue weighted by Gasteiger charge is -2.33. The van der Waals surface area contributed by atoms with Gasteiger partial charge in [0.05, 0.1) is 31.0 Å². The van der Waals surface area contributed by atoms with E-state index in [0.29, 0.717) is 54.1 Å². The molecule has 1 fully saturated rings. The number of nitrogens with two attached hydrogens (primary N) is 1. The van der Waals surface area contributed by atoms with Gasteiger partial charge in [0, 0.05) is 48.7 Å². The Bertz CT molecular complexity index is 1480. The van der Waals surface area contributed by atoms with Gasteiger partial charge >= 0.3 is 0 Å². The molecule has 1 amide bonds. The number of carbonyl (C=O) groups excluding carboxylic acids is 1. The van der Waals surface area contributed by atoms with Gasteiger partial charge in [0.25, 0.3) is 0 Å². The number of benzene rings is 1. The van der Waals surface area contributed by atoms with E-state index in [4.69, 9.17) is 20.2 Å². The van der Waals surface area contributed by atoms with Gasteiger partial charge in [0.2, 0.25) is 17.7 Å². The predicted molar refractivity (Wildman–Crippen MR) is 147 cm³/mol. The second kappa shape index (κ2) is 11.2. The van der Waals surface area contributed by atoms with Crippen molar-refractivity contribution in [3.63, 3.8) is 0 Å². The van der Waals surface area contributed by atoms with E-state index in [9.17, 15) is 4.79 Å². The molecular formula is C27H28N8O3. The van der Waals surface area contributed by atoms with Gasteiger partial charge in [0.1, 0.15) is 11.5 Å². The number of anilines is 4. The Morgan fingerprint density at radius 2 is 2.16 bits per heavy atom. The third-order valence-electron chi connectivity index (χ3n) is 6.11. The predicted octanol–water partition coefficient (Wildman–Crippen LogP) is 3.13. The van der Waals surface area contributed by atoms with Gasteiger partial charge in [-0.1, -0.05) is 24.8 Å². The van der Waals surface area contributed by atoms with Gasteiger partial charge in [-0.2, -0.15) is 4.98 Å². The zero-order valence-corrected chi connectivity index (χ0v) is 20.9. The molecule has 0 bridgehead atoms. The lowest BCUT2D eigenvalue weighted by atomic mass is 10.1. The van der Waals surface area contributed by atoms with E-state index in [1.165, 1.54) is 6.08 Å². The second-order valence-corrected chi connectivity index (χ2v) is 8.59. The first kappa shape index (κ1) is 25.1. The average Bonchev–Trinajstić information content (AvgIpc) is 2.97. The molecule has 194 valence electrons. The number of para-hydroxylation sites is 1. The monoisotopic (exact) mass is 512 g/mol. The highest BCUT2D eigenvalue weighted by Gasteiger charge is 2.21. The molecule has 0 unspecified atom stereocenters. The highest BCUT2D eigenvalue weighted by atomic mass is 16.5. The minimum atomic E-state index is -0.296. The fraction of sp³-hybridized carbons (Fsp3) is 0.222. The maximum atomic E-state index is 11.7. The normalized spacial score (nSPS) is 15.2. The summed E-state index contributed by atoms with van der Waals surface area (Å²) in [4.78, 5) is 32.3. The summed E-state index contributed by atoms with van der Waals surface area (Å²) in [6.45, 7) is 5.94. The summed E-state index contributed by atoms with van der Waals surface area (Å²) >= 11 is 0. The van der Waals surface area contributed by atoms with Crippen molar-refractivity contribution < 1.29 is 14.3 Å². The molecule has 1 aliphatic rings. The van der Waals surface area contributed by atoms with Crippen LogP contribution in [0.1, 0.15) is 0 Å². The molecular weight excluding hydrogens is 484 g/mol. The minimum Gasteiger partial charge on any atom is -0.479 e. The molecule has 1 aromatic carbocycles. The van der Waals surface area contributed by atoms with Crippen LogP contribution in [0.15, 0.2) is 67.5 Å². The van der Waals surface area contributed by atoms with Crippen molar-refractivity contribution in [3.8, 4) is 17.1 Å². The maximum Gasteiger partial charge on any atom is 0.247 e. The molecule has 0 spiro atoms. The molecule has 3 aromatic heterocycles. The van der Waals surface area contributed by atoms with Crippen molar-refractivity contribution in [1.29, 1.82) is 0 Å². The highest BCUT2D eigenvalue weighted by Crippen LogP contribution is 2.31. The zero-order chi connectivity index (χ0) is 26.5. The van der Waals surface area contributed by atoms with E-state index < -0.39 is 0 Å². The third-order valence-corrected chi connectivity index (χ3v) is 6.11. The van der Waals surface area contributed by atoms with E-state index in [1.54, 1.807) is 31.6 Å². The number of morpholine rings is 1. The number of aromatic nitrogens is 4. The van der Waals surface area contributed by atoms with Gasteiger partial charge in [-0.25, -0.2) is 9.97 Å². The number of pyridine rings is 2. The Balaban J connectivity index is 1.44. The van der Waals surface area contributed by atoms with E-state index >= 15 is 0 Å². The summed E-state index contributed by atoms with van der Waals surface area (Å²) < 4.78 is 11.2. The lowest BCUT2D eigenvalue weighted by Crippen LogP contribution is -2.46. The number of methoxy groups -OCH3 is 1. The molecule has 11 heteroatoms. The molecule has 0 saturated carbocycles. The van der Waals surface area contributed by atoms with Crippen LogP contribution in [0.5, 0.6) is 5.88 Å². The second-order valence-electron chi connectivity index (χ2n) is 8.59. The van der Waals surface area contributed by atoms with Crippen LogP contribution in [0.3, 0.4) is 0 Å². The number of hydrogen-bond donors (Lipinski definition) is 3. The van der Waals surface area contributed by atoms with Crippen LogP contribution in [0.4, 0.5) is 23.1 Å². The third kappa shape index (κ3) is 5.38. The number of nitrogens with zero attached hydrogens (tertiary/aromatic N) is 5. The fourth-order valence-corrected chi connectivity index (χ4v) is 4.22. The largest absolute Gasteiger partial charge is 0.479 e. The van der Waals surface area contributed by atoms with Crippen LogP contribution in [0.25, 0.3) is 22.2 Å². The smallest absolute Gasteiger partial charge is 0.247 e. The summed E-state index contributed by atoms with van der Waals surface area (Å²) in [6.07, 6.45) is 4.57. The molecule has 0 radical (unpaired) electrons. The summed E-state index contributed by atoms with van der Waals surface area (Å²) in [5.41, 5.74) is 9.18. The Kier molecular flexibility index (Phi) is 7.38. The zero-order valence-electron chi connectivity index (χ0n) is 20.9. The van der Waals surface area contributed by atoms with Crippen molar-refractivity contribution in [2.24, 2.45) is 5.73 Å². The first-order valence-corrected chi connectivity index (χ1v) is 12.1. The number of fused-ring (bicyclic) bond motifs is 1. The van der Waals surface area contributed by atoms with Crippen LogP contribution >= 0.6 is 0 Å². The first-order valence-electron chi connectivity index (χ1n) is 12.1. The van der Waals surface area contributed by atoms with Gasteiger partial charge in [-0.05, 0) is 30.3 Å². The van der Waals surface area contributed by atoms with Crippen LogP contribution < -0.4 is 26.0 Å². The lowest BCUT2D eigenvalue weighted by molar-refractivity contribution is -0.111. The highest BCUT2D eigenvalue weighted by molar-refractivity contribution is 5.99. The SMILES string of the molecule is C=CC(=O)Nc1ccnc(-c2cccc3cnc(Nc4ccc(N5CCO[C@H](CN)C5)nc4OC)nc23)c1. The Hall–Kier alpha value is -4.61. The van der Waals surface area contributed by atoms with Gasteiger partial charge in [-0.15, -0.1) is 0 Å². The molecule has 1 aliphatic heterocycles. The van der Waals surface area contributed by atoms with Crippen molar-refractivity contribution in [1.82, 2.24) is 19.9 Å². The number of ether oxygens (including phenoxy) is 2. The summed E-state index contributed by atoms with van der Waals surface area (Å²) in [7, 11) is 1.57. The molecule has 4 N–H and O–H groups in total. The van der Waals surface area contributed by atoms with Crippen LogP contribution in [-0.4, -0.2) is 65.3 Å². The average molecular weight is 513 g/mol. The maximum absolute atomic E-state index is 11.7. The Morgan fingerprint density at radius 3 is 2.97 bits per heavy atom. The van der Waals surface area contributed by atoms with Gasteiger partial charge in [0.15, 0.2) is 0 Å². The Morgan fingerprint density at radius 1 is 1.26 bits per heavy atom. The molecule has 1 saturated heterocycles. The van der Waals surface area contributed by atoms with Gasteiger partial charge in [-0.3, -0.25) is 9.78 Å².